The van der Waals surface area contributed by atoms with E-state index in [1.807, 2.05) is 0 Å². The van der Waals surface area contributed by atoms with Crippen molar-refractivity contribution in [1.29, 1.82) is 0 Å². The van der Waals surface area contributed by atoms with Crippen LogP contribution >= 0.6 is 11.6 Å². The van der Waals surface area contributed by atoms with E-state index in [-0.39, 0.29) is 29.7 Å². The molecule has 4 N–H and O–H groups in total. The van der Waals surface area contributed by atoms with Gasteiger partial charge in [0.1, 0.15) is 16.8 Å². The van der Waals surface area contributed by atoms with Gasteiger partial charge < -0.3 is 25.4 Å². The number of carboxylic acids is 1. The topological polar surface area (TPSA) is 102 Å². The molecule has 0 fully saturated rings. The number of phenolic OH excluding ortho intramolecular Hbond substituents is 1. The summed E-state index contributed by atoms with van der Waals surface area (Å²) in [6, 6.07) is 0.365. The highest BCUT2D eigenvalue weighted by Crippen LogP contribution is 2.46. The molecule has 7 heteroatoms. The maximum atomic E-state index is 10.6. The molecule has 0 saturated carbocycles. The van der Waals surface area contributed by atoms with E-state index in [0.29, 0.717) is 11.3 Å². The first kappa shape index (κ1) is 11.8. The molecule has 2 rings (SSSR count). The minimum absolute atomic E-state index is 0.00703. The van der Waals surface area contributed by atoms with Crippen molar-refractivity contribution in [2.24, 2.45) is 5.73 Å². The van der Waals surface area contributed by atoms with Crippen molar-refractivity contribution in [2.75, 3.05) is 6.79 Å². The number of phenols is 1. The first-order valence-electron chi connectivity index (χ1n) is 4.79. The van der Waals surface area contributed by atoms with Crippen LogP contribution in [0.4, 0.5) is 0 Å². The normalized spacial score (nSPS) is 14.7. The maximum absolute atomic E-state index is 10.6. The Morgan fingerprint density at radius 3 is 2.94 bits per heavy atom. The lowest BCUT2D eigenvalue weighted by molar-refractivity contribution is -0.138. The average molecular weight is 260 g/mol. The van der Waals surface area contributed by atoms with Crippen molar-refractivity contribution >= 4 is 17.6 Å². The van der Waals surface area contributed by atoms with Crippen molar-refractivity contribution in [3.63, 3.8) is 0 Å². The van der Waals surface area contributed by atoms with Gasteiger partial charge >= 0.3 is 5.97 Å². The lowest BCUT2D eigenvalue weighted by Crippen LogP contribution is -2.32. The summed E-state index contributed by atoms with van der Waals surface area (Å²) in [5.74, 6) is -0.747. The number of rotatable bonds is 3. The van der Waals surface area contributed by atoms with E-state index in [1.54, 1.807) is 0 Å². The van der Waals surface area contributed by atoms with Gasteiger partial charge in [0.15, 0.2) is 11.5 Å². The Bertz CT molecular complexity index is 476. The van der Waals surface area contributed by atoms with Gasteiger partial charge in [-0.3, -0.25) is 4.79 Å². The molecule has 0 aromatic heterocycles. The molecule has 92 valence electrons. The highest BCUT2D eigenvalue weighted by atomic mass is 35.5. The molecule has 1 aliphatic rings. The summed E-state index contributed by atoms with van der Waals surface area (Å²) in [7, 11) is 0. The second-order valence-electron chi connectivity index (χ2n) is 3.58. The van der Waals surface area contributed by atoms with Crippen LogP contribution in [0.15, 0.2) is 6.07 Å². The van der Waals surface area contributed by atoms with E-state index in [9.17, 15) is 9.90 Å². The van der Waals surface area contributed by atoms with Crippen LogP contribution in [0.1, 0.15) is 5.56 Å². The number of hydrogen-bond donors (Lipinski definition) is 3. The molecule has 17 heavy (non-hydrogen) atoms. The van der Waals surface area contributed by atoms with Gasteiger partial charge in [-0.2, -0.15) is 0 Å². The molecule has 1 atom stereocenters. The van der Waals surface area contributed by atoms with Crippen LogP contribution in [0.5, 0.6) is 17.2 Å². The number of hydrogen-bond acceptors (Lipinski definition) is 5. The number of ether oxygens (including phenoxy) is 2. The molecular formula is C10H10ClNO5. The van der Waals surface area contributed by atoms with Crippen molar-refractivity contribution in [3.05, 3.63) is 16.7 Å². The second-order valence-corrected chi connectivity index (χ2v) is 3.96. The molecule has 0 amide bonds. The lowest BCUT2D eigenvalue weighted by Gasteiger charge is -2.11. The molecule has 0 radical (unpaired) electrons. The zero-order valence-electron chi connectivity index (χ0n) is 8.64. The molecule has 0 saturated heterocycles. The Labute approximate surface area is 102 Å². The fraction of sp³-hybridized carbons (Fsp3) is 0.300. The van der Waals surface area contributed by atoms with Gasteiger partial charge in [-0.15, -0.1) is 0 Å². The van der Waals surface area contributed by atoms with Gasteiger partial charge in [0.2, 0.25) is 6.79 Å². The van der Waals surface area contributed by atoms with Crippen LogP contribution < -0.4 is 15.2 Å². The predicted octanol–water partition coefficient (Wildman–Crippen LogP) is 0.729. The van der Waals surface area contributed by atoms with Crippen LogP contribution in [-0.4, -0.2) is 29.0 Å². The molecule has 1 heterocycles. The SMILES string of the molecule is NC(Cc1cc2c(c(Cl)c1O)OCO2)C(=O)O. The van der Waals surface area contributed by atoms with Gasteiger partial charge in [-0.1, -0.05) is 11.6 Å². The summed E-state index contributed by atoms with van der Waals surface area (Å²) < 4.78 is 10.2. The van der Waals surface area contributed by atoms with Gasteiger partial charge in [0.25, 0.3) is 0 Å². The summed E-state index contributed by atoms with van der Waals surface area (Å²) >= 11 is 5.86. The van der Waals surface area contributed by atoms with Gasteiger partial charge in [-0.25, -0.2) is 0 Å². The van der Waals surface area contributed by atoms with Crippen molar-refractivity contribution < 1.29 is 24.5 Å². The molecule has 1 unspecified atom stereocenters. The molecule has 6 nitrogen and oxygen atoms in total. The fourth-order valence-corrected chi connectivity index (χ4v) is 1.79. The number of aliphatic carboxylic acids is 1. The average Bonchev–Trinajstić information content (AvgIpc) is 2.73. The summed E-state index contributed by atoms with van der Waals surface area (Å²) in [6.45, 7) is 0.0168. The first-order valence-corrected chi connectivity index (χ1v) is 5.17. The Balaban J connectivity index is 2.36. The number of halogens is 1. The van der Waals surface area contributed by atoms with E-state index in [2.05, 4.69) is 0 Å². The van der Waals surface area contributed by atoms with Crippen LogP contribution in [0, 0.1) is 0 Å². The molecule has 0 spiro atoms. The Morgan fingerprint density at radius 1 is 1.59 bits per heavy atom. The van der Waals surface area contributed by atoms with Gasteiger partial charge in [0.05, 0.1) is 0 Å². The first-order chi connectivity index (χ1) is 8.00. The van der Waals surface area contributed by atoms with Crippen LogP contribution in [0.25, 0.3) is 0 Å². The van der Waals surface area contributed by atoms with Crippen molar-refractivity contribution in [2.45, 2.75) is 12.5 Å². The maximum Gasteiger partial charge on any atom is 0.320 e. The van der Waals surface area contributed by atoms with Crippen molar-refractivity contribution in [1.82, 2.24) is 0 Å². The standard InChI is InChI=1S/C10H10ClNO5/c11-7-8(13)4(1-5(12)10(14)15)2-6-9(7)17-3-16-6/h2,5,13H,1,3,12H2,(H,14,15). The number of nitrogens with two attached hydrogens (primary N) is 1. The summed E-state index contributed by atoms with van der Waals surface area (Å²) in [5, 5.41) is 18.5. The summed E-state index contributed by atoms with van der Waals surface area (Å²) in [5.41, 5.74) is 5.70. The molecule has 1 aromatic carbocycles. The highest BCUT2D eigenvalue weighted by molar-refractivity contribution is 6.34. The molecule has 0 bridgehead atoms. The van der Waals surface area contributed by atoms with Crippen molar-refractivity contribution in [3.8, 4) is 17.2 Å². The van der Waals surface area contributed by atoms with Crippen LogP contribution in [-0.2, 0) is 11.2 Å². The van der Waals surface area contributed by atoms with Crippen LogP contribution in [0.2, 0.25) is 5.02 Å². The quantitative estimate of drug-likeness (QED) is 0.740. The zero-order valence-corrected chi connectivity index (χ0v) is 9.40. The minimum atomic E-state index is -1.15. The lowest BCUT2D eigenvalue weighted by atomic mass is 10.0. The largest absolute Gasteiger partial charge is 0.506 e. The smallest absolute Gasteiger partial charge is 0.320 e. The Kier molecular flexibility index (Phi) is 2.99. The minimum Gasteiger partial charge on any atom is -0.506 e. The number of carboxylic acid groups (broad SMARTS) is 1. The predicted molar refractivity (Wildman–Crippen MR) is 58.6 cm³/mol. The number of fused-ring (bicyclic) bond motifs is 1. The number of carbonyl (C=O) groups is 1. The number of aromatic hydroxyl groups is 1. The van der Waals surface area contributed by atoms with Gasteiger partial charge in [-0.05, 0) is 6.07 Å². The fourth-order valence-electron chi connectivity index (χ4n) is 1.52. The van der Waals surface area contributed by atoms with E-state index < -0.39 is 12.0 Å². The molecule has 1 aliphatic heterocycles. The second kappa shape index (κ2) is 4.31. The molecular weight excluding hydrogens is 250 g/mol. The summed E-state index contributed by atoms with van der Waals surface area (Å²) in [4.78, 5) is 10.6. The monoisotopic (exact) mass is 259 g/mol. The van der Waals surface area contributed by atoms with E-state index in [4.69, 9.17) is 31.9 Å². The third-order valence-electron chi connectivity index (χ3n) is 2.42. The van der Waals surface area contributed by atoms with Gasteiger partial charge in [0, 0.05) is 12.0 Å². The third kappa shape index (κ3) is 2.09. The van der Waals surface area contributed by atoms with E-state index in [0.717, 1.165) is 0 Å². The summed E-state index contributed by atoms with van der Waals surface area (Å²) in [6.07, 6.45) is -0.0441. The Hall–Kier alpha value is -1.66. The Morgan fingerprint density at radius 2 is 2.29 bits per heavy atom. The molecule has 0 aliphatic carbocycles. The van der Waals surface area contributed by atoms with E-state index in [1.165, 1.54) is 6.07 Å². The molecule has 1 aromatic rings. The van der Waals surface area contributed by atoms with E-state index >= 15 is 0 Å². The third-order valence-corrected chi connectivity index (χ3v) is 2.77. The zero-order chi connectivity index (χ0) is 12.6. The van der Waals surface area contributed by atoms with Crippen LogP contribution in [0.3, 0.4) is 0 Å². The number of benzene rings is 1. The highest BCUT2D eigenvalue weighted by Gasteiger charge is 2.25.